The fourth-order valence-electron chi connectivity index (χ4n) is 0.0952. The summed E-state index contributed by atoms with van der Waals surface area (Å²) < 4.78 is 42.8. The molecule has 0 saturated heterocycles. The van der Waals surface area contributed by atoms with Crippen LogP contribution >= 0.6 is 0 Å². The Morgan fingerprint density at radius 3 is 1.14 bits per heavy atom. The number of hydrogen-bond acceptors (Lipinski definition) is 0. The van der Waals surface area contributed by atoms with E-state index in [1.807, 2.05) is 0 Å². The molecule has 0 N–H and O–H groups in total. The van der Waals surface area contributed by atoms with E-state index in [1.54, 1.807) is 0 Å². The van der Waals surface area contributed by atoms with Gasteiger partial charge in [-0.3, -0.25) is 0 Å². The lowest BCUT2D eigenvalue weighted by molar-refractivity contribution is 0.105. The summed E-state index contributed by atoms with van der Waals surface area (Å²) in [5.74, 6) is 0. The van der Waals surface area contributed by atoms with Crippen LogP contribution in [0.1, 0.15) is 0 Å². The van der Waals surface area contributed by atoms with Gasteiger partial charge in [-0.1, -0.05) is 0 Å². The minimum absolute atomic E-state index is 0.639. The van der Waals surface area contributed by atoms with Crippen LogP contribution < -0.4 is 0 Å². The molecule has 0 nitrogen and oxygen atoms in total. The molecule has 0 saturated carbocycles. The third kappa shape index (κ3) is 5.72. The maximum atomic E-state index is 10.7. The van der Waals surface area contributed by atoms with Crippen molar-refractivity contribution in [2.75, 3.05) is 0 Å². The second-order valence-corrected chi connectivity index (χ2v) is 0.768. The van der Waals surface area contributed by atoms with Gasteiger partial charge >= 0.3 is 0 Å². The van der Waals surface area contributed by atoms with Gasteiger partial charge in [0.05, 0.1) is 0 Å². The maximum Gasteiger partial charge on any atom is 0.251 e. The second kappa shape index (κ2) is 2.82. The Balaban J connectivity index is 2.95. The van der Waals surface area contributed by atoms with E-state index in [1.165, 1.54) is 0 Å². The molecule has 0 aliphatic carbocycles. The van der Waals surface area contributed by atoms with Crippen molar-refractivity contribution in [2.45, 2.75) is 12.9 Å². The lowest BCUT2D eigenvalue weighted by Gasteiger charge is -1.91. The molecule has 2 radical (unpaired) electrons. The van der Waals surface area contributed by atoms with E-state index in [0.717, 1.165) is 0 Å². The normalized spacial score (nSPS) is 11.1. The molecule has 42 valence electrons. The minimum atomic E-state index is -3.13. The van der Waals surface area contributed by atoms with Crippen LogP contribution in [0.25, 0.3) is 0 Å². The SMILES string of the molecule is FC(F)[C]C(F)F. The third-order valence-corrected chi connectivity index (χ3v) is 0.252. The van der Waals surface area contributed by atoms with Crippen LogP contribution in [0.3, 0.4) is 0 Å². The molecule has 0 spiro atoms. The molecule has 0 unspecified atom stereocenters. The summed E-state index contributed by atoms with van der Waals surface area (Å²) in [7, 11) is 0. The van der Waals surface area contributed by atoms with Crippen molar-refractivity contribution < 1.29 is 17.6 Å². The molecule has 0 aromatic rings. The van der Waals surface area contributed by atoms with Gasteiger partial charge in [-0.2, -0.15) is 0 Å². The zero-order valence-corrected chi connectivity index (χ0v) is 3.17. The third-order valence-electron chi connectivity index (χ3n) is 0.252. The van der Waals surface area contributed by atoms with E-state index in [4.69, 9.17) is 0 Å². The number of alkyl halides is 4. The molecule has 0 aromatic heterocycles. The molecule has 0 fully saturated rings. The van der Waals surface area contributed by atoms with Gasteiger partial charge < -0.3 is 0 Å². The maximum absolute atomic E-state index is 10.7. The highest BCUT2D eigenvalue weighted by molar-refractivity contribution is 4.68. The first-order valence-electron chi connectivity index (χ1n) is 1.45. The summed E-state index contributed by atoms with van der Waals surface area (Å²) in [5, 5.41) is 0. The zero-order valence-electron chi connectivity index (χ0n) is 3.17. The van der Waals surface area contributed by atoms with E-state index < -0.39 is 12.9 Å². The van der Waals surface area contributed by atoms with Crippen molar-refractivity contribution in [3.05, 3.63) is 6.42 Å². The smallest absolute Gasteiger partial charge is 0.210 e. The summed E-state index contributed by atoms with van der Waals surface area (Å²) in [6.07, 6.45) is -5.61. The molecule has 0 amide bonds. The summed E-state index contributed by atoms with van der Waals surface area (Å²) in [6.45, 7) is 0. The first-order chi connectivity index (χ1) is 3.13. The Hall–Kier alpha value is -0.280. The van der Waals surface area contributed by atoms with E-state index >= 15 is 0 Å². The van der Waals surface area contributed by atoms with E-state index in [0.29, 0.717) is 6.42 Å². The molecule has 0 aliphatic rings. The summed E-state index contributed by atoms with van der Waals surface area (Å²) in [4.78, 5) is 0. The predicted molar refractivity (Wildman–Crippen MR) is 15.3 cm³/mol. The van der Waals surface area contributed by atoms with Gasteiger partial charge in [0.25, 0.3) is 12.9 Å². The van der Waals surface area contributed by atoms with Crippen molar-refractivity contribution in [2.24, 2.45) is 0 Å². The van der Waals surface area contributed by atoms with Gasteiger partial charge in [-0.05, 0) is 0 Å². The molecular weight excluding hydrogens is 112 g/mol. The first-order valence-corrected chi connectivity index (χ1v) is 1.45. The molecule has 0 heterocycles. The number of halogens is 4. The van der Waals surface area contributed by atoms with Crippen LogP contribution in [0.5, 0.6) is 0 Å². The van der Waals surface area contributed by atoms with Crippen molar-refractivity contribution >= 4 is 0 Å². The molecular formula is C3H2F4. The standard InChI is InChI=1S/C3H2F4/c4-2(5)1-3(6)7/h2-3H. The molecule has 4 heteroatoms. The highest BCUT2D eigenvalue weighted by Gasteiger charge is 2.12. The Bertz CT molecular complexity index is 36.2. The minimum Gasteiger partial charge on any atom is -0.210 e. The van der Waals surface area contributed by atoms with E-state index in [9.17, 15) is 17.6 Å². The molecule has 0 aromatic carbocycles. The topological polar surface area (TPSA) is 0 Å². The molecule has 0 rings (SSSR count). The Labute approximate surface area is 38.1 Å². The monoisotopic (exact) mass is 114 g/mol. The summed E-state index contributed by atoms with van der Waals surface area (Å²) in [5.41, 5.74) is 0. The molecule has 7 heavy (non-hydrogen) atoms. The van der Waals surface area contributed by atoms with E-state index in [-0.39, 0.29) is 0 Å². The number of hydrogen-bond donors (Lipinski definition) is 0. The van der Waals surface area contributed by atoms with Gasteiger partial charge in [0.2, 0.25) is 0 Å². The van der Waals surface area contributed by atoms with Crippen LogP contribution in [-0.4, -0.2) is 12.9 Å². The Morgan fingerprint density at radius 2 is 1.14 bits per heavy atom. The average molecular weight is 114 g/mol. The van der Waals surface area contributed by atoms with Crippen LogP contribution in [0.4, 0.5) is 17.6 Å². The van der Waals surface area contributed by atoms with Gasteiger partial charge in [0.1, 0.15) is 6.42 Å². The van der Waals surface area contributed by atoms with Crippen molar-refractivity contribution in [3.63, 3.8) is 0 Å². The van der Waals surface area contributed by atoms with Gasteiger partial charge in [0, 0.05) is 0 Å². The summed E-state index contributed by atoms with van der Waals surface area (Å²) >= 11 is 0. The lowest BCUT2D eigenvalue weighted by atomic mass is 10.5. The average Bonchev–Trinajstić information content (AvgIpc) is 1.27. The van der Waals surface area contributed by atoms with Crippen LogP contribution in [-0.2, 0) is 0 Å². The Kier molecular flexibility index (Phi) is 2.71. The largest absolute Gasteiger partial charge is 0.251 e. The van der Waals surface area contributed by atoms with Gasteiger partial charge in [0.15, 0.2) is 0 Å². The highest BCUT2D eigenvalue weighted by atomic mass is 19.3. The quantitative estimate of drug-likeness (QED) is 0.478. The first kappa shape index (κ1) is 6.72. The van der Waals surface area contributed by atoms with Gasteiger partial charge in [-0.15, -0.1) is 0 Å². The zero-order chi connectivity index (χ0) is 5.86. The summed E-state index contributed by atoms with van der Waals surface area (Å²) in [6, 6.07) is 0. The fraction of sp³-hybridized carbons (Fsp3) is 0.667. The lowest BCUT2D eigenvalue weighted by Crippen LogP contribution is -1.99. The van der Waals surface area contributed by atoms with Crippen LogP contribution in [0.15, 0.2) is 0 Å². The molecule has 0 bridgehead atoms. The van der Waals surface area contributed by atoms with Crippen molar-refractivity contribution in [3.8, 4) is 0 Å². The van der Waals surface area contributed by atoms with Crippen LogP contribution in [0.2, 0.25) is 0 Å². The van der Waals surface area contributed by atoms with Crippen LogP contribution in [0, 0.1) is 6.42 Å². The van der Waals surface area contributed by atoms with Gasteiger partial charge in [-0.25, -0.2) is 17.6 Å². The van der Waals surface area contributed by atoms with Crippen molar-refractivity contribution in [1.29, 1.82) is 0 Å². The highest BCUT2D eigenvalue weighted by Crippen LogP contribution is 2.05. The fourth-order valence-corrected chi connectivity index (χ4v) is 0.0952. The van der Waals surface area contributed by atoms with Crippen molar-refractivity contribution in [1.82, 2.24) is 0 Å². The number of rotatable bonds is 2. The molecule has 0 atom stereocenters. The van der Waals surface area contributed by atoms with E-state index in [2.05, 4.69) is 0 Å². The second-order valence-electron chi connectivity index (χ2n) is 0.768. The predicted octanol–water partition coefficient (Wildman–Crippen LogP) is 1.60. The Morgan fingerprint density at radius 1 is 0.857 bits per heavy atom. The molecule has 0 aliphatic heterocycles.